The van der Waals surface area contributed by atoms with Crippen molar-refractivity contribution in [3.8, 4) is 0 Å². The molecule has 5 nitrogen and oxygen atoms in total. The Bertz CT molecular complexity index is 488. The fraction of sp³-hybridized carbons (Fsp3) is 0.0833. The molecule has 2 N–H and O–H groups in total. The zero-order valence-electron chi connectivity index (χ0n) is 8.95. The van der Waals surface area contributed by atoms with Gasteiger partial charge in [-0.15, -0.1) is 0 Å². The van der Waals surface area contributed by atoms with Gasteiger partial charge in [0.25, 0.3) is 0 Å². The largest absolute Gasteiger partial charge is 0.367 e. The minimum absolute atomic E-state index is 0.212. The first-order chi connectivity index (χ1) is 8.27. The van der Waals surface area contributed by atoms with Crippen LogP contribution >= 0.6 is 0 Å². The Kier molecular flexibility index (Phi) is 3.42. The Morgan fingerprint density at radius 3 is 2.41 bits per heavy atom. The molecule has 1 aromatic heterocycles. The number of carbonyl (C=O) groups excluding carboxylic acids is 1. The molecule has 1 unspecified atom stereocenters. The highest BCUT2D eigenvalue weighted by atomic mass is 16.3. The molecule has 0 saturated carbocycles. The smallest absolute Gasteiger partial charge is 0.224 e. The number of aliphatic hydroxyl groups excluding tert-OH is 1. The molecule has 0 aliphatic heterocycles. The third-order valence-corrected chi connectivity index (χ3v) is 2.14. The number of nitrogens with zero attached hydrogens (tertiary/aromatic N) is 2. The number of hydrogen-bond donors (Lipinski definition) is 2. The van der Waals surface area contributed by atoms with Crippen LogP contribution in [0.1, 0.15) is 10.4 Å². The van der Waals surface area contributed by atoms with Crippen LogP contribution in [0.25, 0.3) is 0 Å². The van der Waals surface area contributed by atoms with Gasteiger partial charge in [-0.3, -0.25) is 4.79 Å². The average molecular weight is 229 g/mol. The maximum absolute atomic E-state index is 11.8. The molecule has 86 valence electrons. The highest BCUT2D eigenvalue weighted by molar-refractivity contribution is 6.00. The molecule has 2 rings (SSSR count). The zero-order valence-corrected chi connectivity index (χ0v) is 8.95. The highest BCUT2D eigenvalue weighted by Crippen LogP contribution is 2.05. The van der Waals surface area contributed by atoms with E-state index in [2.05, 4.69) is 15.3 Å². The SMILES string of the molecule is O=C(c1ccccc1)C(O)Nc1ncccn1. The fourth-order valence-electron chi connectivity index (χ4n) is 1.32. The predicted molar refractivity (Wildman–Crippen MR) is 62.4 cm³/mol. The molecule has 1 heterocycles. The van der Waals surface area contributed by atoms with Crippen molar-refractivity contribution in [3.63, 3.8) is 0 Å². The summed E-state index contributed by atoms with van der Waals surface area (Å²) >= 11 is 0. The summed E-state index contributed by atoms with van der Waals surface area (Å²) in [6.45, 7) is 0. The van der Waals surface area contributed by atoms with Crippen LogP contribution in [0.3, 0.4) is 0 Å². The summed E-state index contributed by atoms with van der Waals surface area (Å²) in [5.41, 5.74) is 0.434. The molecule has 1 aromatic carbocycles. The van der Waals surface area contributed by atoms with Gasteiger partial charge in [0.1, 0.15) is 0 Å². The lowest BCUT2D eigenvalue weighted by molar-refractivity contribution is 0.0792. The first-order valence-electron chi connectivity index (χ1n) is 5.08. The van der Waals surface area contributed by atoms with Gasteiger partial charge in [0, 0.05) is 18.0 Å². The maximum atomic E-state index is 11.8. The lowest BCUT2D eigenvalue weighted by atomic mass is 10.1. The van der Waals surface area contributed by atoms with Crippen molar-refractivity contribution >= 4 is 11.7 Å². The van der Waals surface area contributed by atoms with Crippen molar-refractivity contribution in [2.24, 2.45) is 0 Å². The highest BCUT2D eigenvalue weighted by Gasteiger charge is 2.17. The molecule has 0 amide bonds. The standard InChI is InChI=1S/C12H11N3O2/c16-10(9-5-2-1-3-6-9)11(17)15-12-13-7-4-8-14-12/h1-8,11,17H,(H,13,14,15). The Labute approximate surface area is 98.2 Å². The second-order valence-electron chi connectivity index (χ2n) is 3.35. The minimum Gasteiger partial charge on any atom is -0.367 e. The Morgan fingerprint density at radius 2 is 1.76 bits per heavy atom. The summed E-state index contributed by atoms with van der Waals surface area (Å²) in [6, 6.07) is 10.2. The number of aliphatic hydroxyl groups is 1. The van der Waals surface area contributed by atoms with E-state index in [-0.39, 0.29) is 5.95 Å². The van der Waals surface area contributed by atoms with Gasteiger partial charge in [-0.05, 0) is 6.07 Å². The van der Waals surface area contributed by atoms with Crippen molar-refractivity contribution in [2.75, 3.05) is 5.32 Å². The van der Waals surface area contributed by atoms with Crippen molar-refractivity contribution in [3.05, 3.63) is 54.4 Å². The van der Waals surface area contributed by atoms with Gasteiger partial charge in [-0.1, -0.05) is 30.3 Å². The minimum atomic E-state index is -1.35. The molecule has 0 fully saturated rings. The first kappa shape index (κ1) is 11.2. The number of hydrogen-bond acceptors (Lipinski definition) is 5. The summed E-state index contributed by atoms with van der Waals surface area (Å²) in [7, 11) is 0. The van der Waals surface area contributed by atoms with E-state index in [1.54, 1.807) is 36.4 Å². The van der Waals surface area contributed by atoms with Crippen LogP contribution in [0.2, 0.25) is 0 Å². The Morgan fingerprint density at radius 1 is 1.12 bits per heavy atom. The van der Waals surface area contributed by atoms with Crippen molar-refractivity contribution < 1.29 is 9.90 Å². The Hall–Kier alpha value is -2.27. The van der Waals surface area contributed by atoms with E-state index in [4.69, 9.17) is 0 Å². The normalized spacial score (nSPS) is 11.8. The molecule has 0 spiro atoms. The van der Waals surface area contributed by atoms with Gasteiger partial charge in [0.15, 0.2) is 6.23 Å². The van der Waals surface area contributed by atoms with Gasteiger partial charge < -0.3 is 10.4 Å². The first-order valence-corrected chi connectivity index (χ1v) is 5.08. The summed E-state index contributed by atoms with van der Waals surface area (Å²) in [6.07, 6.45) is 1.70. The number of nitrogens with one attached hydrogen (secondary N) is 1. The molecule has 2 aromatic rings. The van der Waals surface area contributed by atoms with Crippen LogP contribution in [-0.4, -0.2) is 27.1 Å². The molecular weight excluding hydrogens is 218 g/mol. The number of carbonyl (C=O) groups is 1. The molecule has 0 saturated heterocycles. The van der Waals surface area contributed by atoms with E-state index in [0.717, 1.165) is 0 Å². The second-order valence-corrected chi connectivity index (χ2v) is 3.35. The van der Waals surface area contributed by atoms with E-state index in [1.807, 2.05) is 0 Å². The molecule has 0 bridgehead atoms. The summed E-state index contributed by atoms with van der Waals surface area (Å²) in [4.78, 5) is 19.5. The molecule has 17 heavy (non-hydrogen) atoms. The maximum Gasteiger partial charge on any atom is 0.224 e. The van der Waals surface area contributed by atoms with Crippen LogP contribution in [0.15, 0.2) is 48.8 Å². The number of ketones is 1. The third kappa shape index (κ3) is 2.85. The van der Waals surface area contributed by atoms with E-state index in [9.17, 15) is 9.90 Å². The monoisotopic (exact) mass is 229 g/mol. The van der Waals surface area contributed by atoms with Crippen LogP contribution in [-0.2, 0) is 0 Å². The quantitative estimate of drug-likeness (QED) is 0.606. The number of aromatic nitrogens is 2. The number of rotatable bonds is 4. The molecule has 0 aliphatic carbocycles. The van der Waals surface area contributed by atoms with Crippen molar-refractivity contribution in [1.82, 2.24) is 9.97 Å². The molecular formula is C12H11N3O2. The van der Waals surface area contributed by atoms with E-state index in [0.29, 0.717) is 5.56 Å². The van der Waals surface area contributed by atoms with Crippen molar-refractivity contribution in [2.45, 2.75) is 6.23 Å². The van der Waals surface area contributed by atoms with Crippen LogP contribution < -0.4 is 5.32 Å². The zero-order chi connectivity index (χ0) is 12.1. The van der Waals surface area contributed by atoms with Gasteiger partial charge in [-0.2, -0.15) is 0 Å². The fourth-order valence-corrected chi connectivity index (χ4v) is 1.32. The average Bonchev–Trinajstić information content (AvgIpc) is 2.40. The lowest BCUT2D eigenvalue weighted by Crippen LogP contribution is -2.29. The van der Waals surface area contributed by atoms with E-state index < -0.39 is 12.0 Å². The van der Waals surface area contributed by atoms with Crippen LogP contribution in [0, 0.1) is 0 Å². The summed E-state index contributed by atoms with van der Waals surface area (Å²) < 4.78 is 0. The van der Waals surface area contributed by atoms with Gasteiger partial charge in [-0.25, -0.2) is 9.97 Å². The molecule has 5 heteroatoms. The summed E-state index contributed by atoms with van der Waals surface area (Å²) in [5.74, 6) is -0.206. The molecule has 0 aliphatic rings. The summed E-state index contributed by atoms with van der Waals surface area (Å²) in [5, 5.41) is 12.2. The topological polar surface area (TPSA) is 75.1 Å². The van der Waals surface area contributed by atoms with Gasteiger partial charge >= 0.3 is 0 Å². The van der Waals surface area contributed by atoms with Crippen LogP contribution in [0.4, 0.5) is 5.95 Å². The third-order valence-electron chi connectivity index (χ3n) is 2.14. The van der Waals surface area contributed by atoms with E-state index >= 15 is 0 Å². The number of Topliss-reactive ketones (excluding diaryl/α,β-unsaturated/α-hetero) is 1. The van der Waals surface area contributed by atoms with Gasteiger partial charge in [0.2, 0.25) is 11.7 Å². The van der Waals surface area contributed by atoms with Crippen molar-refractivity contribution in [1.29, 1.82) is 0 Å². The van der Waals surface area contributed by atoms with Gasteiger partial charge in [0.05, 0.1) is 0 Å². The second kappa shape index (κ2) is 5.18. The van der Waals surface area contributed by atoms with Crippen LogP contribution in [0.5, 0.6) is 0 Å². The number of benzene rings is 1. The Balaban J connectivity index is 2.06. The lowest BCUT2D eigenvalue weighted by Gasteiger charge is -2.11. The molecule has 1 atom stereocenters. The number of anilines is 1. The molecule has 0 radical (unpaired) electrons. The predicted octanol–water partition coefficient (Wildman–Crippen LogP) is 1.09. The van der Waals surface area contributed by atoms with E-state index in [1.165, 1.54) is 12.4 Å².